The van der Waals surface area contributed by atoms with Crippen molar-refractivity contribution in [3.63, 3.8) is 0 Å². The predicted molar refractivity (Wildman–Crippen MR) is 40.9 cm³/mol. The van der Waals surface area contributed by atoms with Crippen molar-refractivity contribution < 1.29 is 4.79 Å². The Bertz CT molecular complexity index is 133. The highest BCUT2D eigenvalue weighted by Gasteiger charge is 2.23. The van der Waals surface area contributed by atoms with Gasteiger partial charge >= 0.3 is 0 Å². The van der Waals surface area contributed by atoms with Crippen LogP contribution in [0.5, 0.6) is 0 Å². The summed E-state index contributed by atoms with van der Waals surface area (Å²) in [5, 5.41) is 3.22. The number of hydrogen-bond donors (Lipinski definition) is 1. The van der Waals surface area contributed by atoms with Gasteiger partial charge in [-0.3, -0.25) is 4.79 Å². The molecule has 0 amide bonds. The van der Waals surface area contributed by atoms with E-state index >= 15 is 0 Å². The Morgan fingerprint density at radius 3 is 2.70 bits per heavy atom. The number of Topliss-reactive ketones (excluding diaryl/α,β-unsaturated/α-hetero) is 1. The first-order valence-corrected chi connectivity index (χ1v) is 3.95. The number of nitrogens with one attached hydrogen (secondary N) is 1. The summed E-state index contributed by atoms with van der Waals surface area (Å²) in [6, 6.07) is 0.133. The van der Waals surface area contributed by atoms with Crippen LogP contribution in [0.2, 0.25) is 0 Å². The van der Waals surface area contributed by atoms with E-state index in [1.807, 2.05) is 0 Å². The van der Waals surface area contributed by atoms with E-state index in [1.54, 1.807) is 6.92 Å². The van der Waals surface area contributed by atoms with Gasteiger partial charge in [0, 0.05) is 0 Å². The Hall–Kier alpha value is -0.370. The van der Waals surface area contributed by atoms with Crippen LogP contribution in [0, 0.1) is 5.92 Å². The summed E-state index contributed by atoms with van der Waals surface area (Å²) in [6.45, 7) is 4.81. The second kappa shape index (κ2) is 3.15. The molecule has 0 bridgehead atoms. The van der Waals surface area contributed by atoms with Gasteiger partial charge in [0.05, 0.1) is 6.04 Å². The maximum Gasteiger partial charge on any atom is 0.146 e. The summed E-state index contributed by atoms with van der Waals surface area (Å²) in [7, 11) is 0. The van der Waals surface area contributed by atoms with E-state index in [4.69, 9.17) is 0 Å². The molecule has 1 N–H and O–H groups in total. The molecule has 10 heavy (non-hydrogen) atoms. The summed E-state index contributed by atoms with van der Waals surface area (Å²) in [5.74, 6) is 0.818. The largest absolute Gasteiger partial charge is 0.307 e. The number of hydrogen-bond acceptors (Lipinski definition) is 2. The van der Waals surface area contributed by atoms with Crippen LogP contribution >= 0.6 is 0 Å². The summed E-state index contributed by atoms with van der Waals surface area (Å²) in [4.78, 5) is 10.9. The van der Waals surface area contributed by atoms with Gasteiger partial charge in [0.25, 0.3) is 0 Å². The zero-order valence-corrected chi connectivity index (χ0v) is 6.68. The molecule has 0 saturated carbocycles. The highest BCUT2D eigenvalue weighted by molar-refractivity contribution is 5.81. The third kappa shape index (κ3) is 1.57. The molecule has 2 heteroatoms. The maximum atomic E-state index is 10.9. The van der Waals surface area contributed by atoms with Gasteiger partial charge in [-0.1, -0.05) is 6.92 Å². The fraction of sp³-hybridized carbons (Fsp3) is 0.875. The van der Waals surface area contributed by atoms with Gasteiger partial charge < -0.3 is 5.32 Å². The lowest BCUT2D eigenvalue weighted by molar-refractivity contribution is -0.120. The molecule has 1 aliphatic rings. The molecule has 0 aromatic rings. The third-order valence-corrected chi connectivity index (χ3v) is 2.21. The van der Waals surface area contributed by atoms with Crippen LogP contribution in [-0.2, 0) is 4.79 Å². The van der Waals surface area contributed by atoms with Crippen LogP contribution in [0.25, 0.3) is 0 Å². The predicted octanol–water partition coefficient (Wildman–Crippen LogP) is 0.964. The number of carbonyl (C=O) groups excluding carboxylic acids is 1. The van der Waals surface area contributed by atoms with Gasteiger partial charge in [-0.2, -0.15) is 0 Å². The van der Waals surface area contributed by atoms with Crippen LogP contribution < -0.4 is 5.32 Å². The van der Waals surface area contributed by atoms with Crippen molar-refractivity contribution in [2.45, 2.75) is 32.7 Å². The SMILES string of the molecule is CC(=O)[C@H]1NCCC[C@H]1C. The second-order valence-corrected chi connectivity index (χ2v) is 3.16. The molecule has 0 spiro atoms. The molecule has 2 atom stereocenters. The molecule has 1 saturated heterocycles. The topological polar surface area (TPSA) is 29.1 Å². The van der Waals surface area contributed by atoms with Crippen LogP contribution in [0.4, 0.5) is 0 Å². The van der Waals surface area contributed by atoms with E-state index < -0.39 is 0 Å². The highest BCUT2D eigenvalue weighted by atomic mass is 16.1. The van der Waals surface area contributed by atoms with Crippen molar-refractivity contribution in [2.24, 2.45) is 5.92 Å². The van der Waals surface area contributed by atoms with Crippen LogP contribution in [0.1, 0.15) is 26.7 Å². The molecule has 0 aromatic heterocycles. The summed E-state index contributed by atoms with van der Waals surface area (Å²) in [6.07, 6.45) is 2.40. The first kappa shape index (κ1) is 7.73. The molecule has 1 aliphatic heterocycles. The molecule has 1 heterocycles. The van der Waals surface area contributed by atoms with Crippen molar-refractivity contribution in [2.75, 3.05) is 6.54 Å². The lowest BCUT2D eigenvalue weighted by atomic mass is 9.90. The van der Waals surface area contributed by atoms with Gasteiger partial charge in [0.1, 0.15) is 5.78 Å². The van der Waals surface area contributed by atoms with Crippen molar-refractivity contribution >= 4 is 5.78 Å². The first-order valence-electron chi connectivity index (χ1n) is 3.95. The molecule has 0 radical (unpaired) electrons. The van der Waals surface area contributed by atoms with Crippen molar-refractivity contribution in [1.29, 1.82) is 0 Å². The van der Waals surface area contributed by atoms with E-state index in [0.717, 1.165) is 6.54 Å². The molecular weight excluding hydrogens is 126 g/mol. The average Bonchev–Trinajstić information content (AvgIpc) is 1.88. The Kier molecular flexibility index (Phi) is 2.44. The minimum Gasteiger partial charge on any atom is -0.307 e. The quantitative estimate of drug-likeness (QED) is 0.589. The fourth-order valence-corrected chi connectivity index (χ4v) is 1.59. The molecule has 1 fully saturated rings. The minimum absolute atomic E-state index is 0.133. The number of ketones is 1. The number of rotatable bonds is 1. The lowest BCUT2D eigenvalue weighted by Gasteiger charge is -2.27. The van der Waals surface area contributed by atoms with E-state index in [-0.39, 0.29) is 11.8 Å². The van der Waals surface area contributed by atoms with E-state index in [9.17, 15) is 4.79 Å². The van der Waals surface area contributed by atoms with Gasteiger partial charge in [0.15, 0.2) is 0 Å². The normalized spacial score (nSPS) is 33.8. The molecule has 0 aromatic carbocycles. The highest BCUT2D eigenvalue weighted by Crippen LogP contribution is 2.15. The Morgan fingerprint density at radius 1 is 1.60 bits per heavy atom. The standard InChI is InChI=1S/C8H15NO/c1-6-4-3-5-9-8(6)7(2)10/h6,8-9H,3-5H2,1-2H3/t6-,8+/m1/s1. The average molecular weight is 141 g/mol. The summed E-state index contributed by atoms with van der Waals surface area (Å²) >= 11 is 0. The van der Waals surface area contributed by atoms with Gasteiger partial charge in [-0.25, -0.2) is 0 Å². The van der Waals surface area contributed by atoms with Gasteiger partial charge in [-0.05, 0) is 32.2 Å². The van der Waals surface area contributed by atoms with E-state index in [1.165, 1.54) is 12.8 Å². The molecule has 0 unspecified atom stereocenters. The van der Waals surface area contributed by atoms with Crippen LogP contribution in [-0.4, -0.2) is 18.4 Å². The number of carbonyl (C=O) groups is 1. The summed E-state index contributed by atoms with van der Waals surface area (Å²) in [5.41, 5.74) is 0. The Balaban J connectivity index is 2.47. The smallest absolute Gasteiger partial charge is 0.146 e. The minimum atomic E-state index is 0.133. The van der Waals surface area contributed by atoms with E-state index in [0.29, 0.717) is 5.92 Å². The van der Waals surface area contributed by atoms with Gasteiger partial charge in [0.2, 0.25) is 0 Å². The lowest BCUT2D eigenvalue weighted by Crippen LogP contribution is -2.44. The molecule has 2 nitrogen and oxygen atoms in total. The zero-order valence-electron chi connectivity index (χ0n) is 6.68. The molecule has 1 rings (SSSR count). The molecular formula is C8H15NO. The van der Waals surface area contributed by atoms with E-state index in [2.05, 4.69) is 12.2 Å². The molecule has 58 valence electrons. The van der Waals surface area contributed by atoms with Crippen molar-refractivity contribution in [3.05, 3.63) is 0 Å². The number of piperidine rings is 1. The van der Waals surface area contributed by atoms with Crippen LogP contribution in [0.15, 0.2) is 0 Å². The van der Waals surface area contributed by atoms with Crippen molar-refractivity contribution in [3.8, 4) is 0 Å². The second-order valence-electron chi connectivity index (χ2n) is 3.16. The fourth-order valence-electron chi connectivity index (χ4n) is 1.59. The monoisotopic (exact) mass is 141 g/mol. The zero-order chi connectivity index (χ0) is 7.56. The third-order valence-electron chi connectivity index (χ3n) is 2.21. The van der Waals surface area contributed by atoms with Crippen molar-refractivity contribution in [1.82, 2.24) is 5.32 Å². The van der Waals surface area contributed by atoms with Crippen LogP contribution in [0.3, 0.4) is 0 Å². The maximum absolute atomic E-state index is 10.9. The summed E-state index contributed by atoms with van der Waals surface area (Å²) < 4.78 is 0. The Morgan fingerprint density at radius 2 is 2.30 bits per heavy atom. The Labute approximate surface area is 62.0 Å². The molecule has 0 aliphatic carbocycles. The van der Waals surface area contributed by atoms with Gasteiger partial charge in [-0.15, -0.1) is 0 Å². The first-order chi connectivity index (χ1) is 4.72.